The largest absolute Gasteiger partial charge is 0.277 e. The summed E-state index contributed by atoms with van der Waals surface area (Å²) in [6, 6.07) is 7.05. The quantitative estimate of drug-likeness (QED) is 0.351. The third-order valence-corrected chi connectivity index (χ3v) is 4.42. The summed E-state index contributed by atoms with van der Waals surface area (Å²) >= 11 is 17.9. The molecule has 0 bridgehead atoms. The minimum atomic E-state index is -1.53. The van der Waals surface area contributed by atoms with E-state index in [1.165, 1.54) is 0 Å². The number of nitro groups is 1. The fourth-order valence-corrected chi connectivity index (χ4v) is 3.26. The van der Waals surface area contributed by atoms with Crippen LogP contribution in [0.3, 0.4) is 0 Å². The minimum Gasteiger partial charge on any atom is -0.258 e. The lowest BCUT2D eigenvalue weighted by Gasteiger charge is -2.18. The van der Waals surface area contributed by atoms with Crippen LogP contribution in [0.5, 0.6) is 0 Å². The van der Waals surface area contributed by atoms with E-state index in [1.807, 2.05) is 33.8 Å². The number of benzene rings is 2. The molecule has 0 saturated carbocycles. The highest BCUT2D eigenvalue weighted by atomic mass is 35.6. The van der Waals surface area contributed by atoms with E-state index in [0.29, 0.717) is 11.1 Å². The Labute approximate surface area is 150 Å². The number of halogens is 3. The first-order valence-corrected chi connectivity index (χ1v) is 8.10. The van der Waals surface area contributed by atoms with Crippen LogP contribution in [0.4, 0.5) is 5.69 Å². The van der Waals surface area contributed by atoms with Gasteiger partial charge in [-0.05, 0) is 55.5 Å². The van der Waals surface area contributed by atoms with Gasteiger partial charge < -0.3 is 0 Å². The molecule has 0 aromatic heterocycles. The maximum atomic E-state index is 11.5. The molecule has 0 unspecified atom stereocenters. The van der Waals surface area contributed by atoms with Gasteiger partial charge in [0.2, 0.25) is 3.79 Å². The monoisotopic (exact) mass is 371 g/mol. The standard InChI is InChI=1S/C17H16Cl3NO2/c1-9-5-10(2)16(14(6-9)21(22)23)15-11(3)7-13(8-12(15)4)17(18,19)20/h5-8H,1-4H3. The summed E-state index contributed by atoms with van der Waals surface area (Å²) in [4.78, 5) is 11.1. The molecule has 23 heavy (non-hydrogen) atoms. The zero-order valence-corrected chi connectivity index (χ0v) is 15.5. The Hall–Kier alpha value is -1.29. The van der Waals surface area contributed by atoms with Crippen molar-refractivity contribution in [3.8, 4) is 11.1 Å². The molecule has 2 rings (SSSR count). The fourth-order valence-electron chi connectivity index (χ4n) is 2.94. The molecule has 0 radical (unpaired) electrons. The van der Waals surface area contributed by atoms with Gasteiger partial charge in [0, 0.05) is 11.6 Å². The molecule has 2 aromatic rings. The van der Waals surface area contributed by atoms with Crippen molar-refractivity contribution in [1.29, 1.82) is 0 Å². The molecule has 0 amide bonds. The van der Waals surface area contributed by atoms with Crippen LogP contribution in [0, 0.1) is 37.8 Å². The second kappa shape index (κ2) is 6.31. The second-order valence-corrected chi connectivity index (χ2v) is 8.00. The molecule has 0 atom stereocenters. The average Bonchev–Trinajstić information content (AvgIpc) is 2.38. The fraction of sp³-hybridized carbons (Fsp3) is 0.294. The van der Waals surface area contributed by atoms with Crippen LogP contribution in [0.2, 0.25) is 0 Å². The Morgan fingerprint density at radius 1 is 0.870 bits per heavy atom. The number of hydrogen-bond acceptors (Lipinski definition) is 2. The van der Waals surface area contributed by atoms with E-state index < -0.39 is 3.79 Å². The first-order valence-electron chi connectivity index (χ1n) is 6.97. The molecule has 2 aromatic carbocycles. The van der Waals surface area contributed by atoms with Crippen LogP contribution in [-0.4, -0.2) is 4.92 Å². The van der Waals surface area contributed by atoms with Gasteiger partial charge in [-0.3, -0.25) is 10.1 Å². The highest BCUT2D eigenvalue weighted by Gasteiger charge is 2.27. The molecule has 3 nitrogen and oxygen atoms in total. The van der Waals surface area contributed by atoms with Gasteiger partial charge in [-0.2, -0.15) is 0 Å². The molecule has 0 aliphatic rings. The lowest BCUT2D eigenvalue weighted by atomic mass is 9.89. The van der Waals surface area contributed by atoms with Crippen LogP contribution in [0.1, 0.15) is 27.8 Å². The number of alkyl halides is 3. The molecule has 0 fully saturated rings. The Kier molecular flexibility index (Phi) is 4.95. The first-order chi connectivity index (χ1) is 10.5. The molecule has 122 valence electrons. The van der Waals surface area contributed by atoms with Crippen LogP contribution in [0.15, 0.2) is 24.3 Å². The van der Waals surface area contributed by atoms with E-state index >= 15 is 0 Å². The smallest absolute Gasteiger partial charge is 0.258 e. The number of nitro benzene ring substituents is 1. The highest BCUT2D eigenvalue weighted by molar-refractivity contribution is 6.66. The Bertz CT molecular complexity index is 772. The van der Waals surface area contributed by atoms with Crippen LogP contribution < -0.4 is 0 Å². The van der Waals surface area contributed by atoms with Crippen LogP contribution in [-0.2, 0) is 3.79 Å². The average molecular weight is 373 g/mol. The Morgan fingerprint density at radius 2 is 1.35 bits per heavy atom. The number of rotatable bonds is 2. The topological polar surface area (TPSA) is 43.1 Å². The van der Waals surface area contributed by atoms with Crippen molar-refractivity contribution >= 4 is 40.5 Å². The van der Waals surface area contributed by atoms with E-state index in [4.69, 9.17) is 34.8 Å². The molecular formula is C17H16Cl3NO2. The maximum Gasteiger partial charge on any atom is 0.277 e. The van der Waals surface area contributed by atoms with E-state index in [1.54, 1.807) is 18.2 Å². The molecule has 0 N–H and O–H groups in total. The van der Waals surface area contributed by atoms with E-state index in [-0.39, 0.29) is 10.6 Å². The maximum absolute atomic E-state index is 11.5. The van der Waals surface area contributed by atoms with Crippen LogP contribution in [0.25, 0.3) is 11.1 Å². The molecule has 0 saturated heterocycles. The molecule has 0 heterocycles. The van der Waals surface area contributed by atoms with E-state index in [0.717, 1.165) is 27.8 Å². The lowest BCUT2D eigenvalue weighted by Crippen LogP contribution is -2.04. The van der Waals surface area contributed by atoms with Crippen molar-refractivity contribution in [2.75, 3.05) is 0 Å². The van der Waals surface area contributed by atoms with Crippen LogP contribution >= 0.6 is 34.8 Å². The number of aryl methyl sites for hydroxylation is 4. The Balaban J connectivity index is 2.81. The third-order valence-electron chi connectivity index (χ3n) is 3.77. The number of nitrogens with zero attached hydrogens (tertiary/aromatic N) is 1. The molecule has 6 heteroatoms. The zero-order chi connectivity index (χ0) is 17.5. The molecule has 0 aliphatic carbocycles. The van der Waals surface area contributed by atoms with E-state index in [2.05, 4.69) is 0 Å². The molecular weight excluding hydrogens is 357 g/mol. The molecule has 0 aliphatic heterocycles. The normalized spacial score (nSPS) is 11.6. The summed E-state index contributed by atoms with van der Waals surface area (Å²) in [5, 5.41) is 11.5. The minimum absolute atomic E-state index is 0.0929. The van der Waals surface area contributed by atoms with Gasteiger partial charge in [-0.15, -0.1) is 0 Å². The van der Waals surface area contributed by atoms with Crippen molar-refractivity contribution in [3.05, 3.63) is 62.2 Å². The highest BCUT2D eigenvalue weighted by Crippen LogP contribution is 2.43. The van der Waals surface area contributed by atoms with Gasteiger partial charge in [0.25, 0.3) is 5.69 Å². The number of hydrogen-bond donors (Lipinski definition) is 0. The van der Waals surface area contributed by atoms with Gasteiger partial charge in [-0.1, -0.05) is 53.0 Å². The summed E-state index contributed by atoms with van der Waals surface area (Å²) in [6.07, 6.45) is 0. The predicted octanol–water partition coefficient (Wildman–Crippen LogP) is 6.32. The second-order valence-electron chi connectivity index (χ2n) is 5.72. The van der Waals surface area contributed by atoms with E-state index in [9.17, 15) is 10.1 Å². The van der Waals surface area contributed by atoms with Gasteiger partial charge in [0.15, 0.2) is 0 Å². The summed E-state index contributed by atoms with van der Waals surface area (Å²) in [5.74, 6) is 0. The predicted molar refractivity (Wildman–Crippen MR) is 96.7 cm³/mol. The van der Waals surface area contributed by atoms with Gasteiger partial charge in [0.1, 0.15) is 0 Å². The molecule has 0 spiro atoms. The van der Waals surface area contributed by atoms with Gasteiger partial charge in [0.05, 0.1) is 10.5 Å². The lowest BCUT2D eigenvalue weighted by molar-refractivity contribution is -0.384. The zero-order valence-electron chi connectivity index (χ0n) is 13.2. The van der Waals surface area contributed by atoms with Crippen molar-refractivity contribution in [2.45, 2.75) is 31.5 Å². The summed E-state index contributed by atoms with van der Waals surface area (Å²) in [7, 11) is 0. The summed E-state index contributed by atoms with van der Waals surface area (Å²) in [6.45, 7) is 7.45. The van der Waals surface area contributed by atoms with Crippen molar-refractivity contribution in [2.24, 2.45) is 0 Å². The SMILES string of the molecule is Cc1cc(C)c(-c2c(C)cc(C(Cl)(Cl)Cl)cc2C)c([N+](=O)[O-])c1. The van der Waals surface area contributed by atoms with Gasteiger partial charge >= 0.3 is 0 Å². The van der Waals surface area contributed by atoms with Crippen molar-refractivity contribution in [1.82, 2.24) is 0 Å². The van der Waals surface area contributed by atoms with Crippen molar-refractivity contribution in [3.63, 3.8) is 0 Å². The van der Waals surface area contributed by atoms with Crippen molar-refractivity contribution < 1.29 is 4.92 Å². The first kappa shape index (κ1) is 18.1. The summed E-state index contributed by atoms with van der Waals surface area (Å²) < 4.78 is -1.53. The third kappa shape index (κ3) is 3.63. The summed E-state index contributed by atoms with van der Waals surface area (Å²) in [5.41, 5.74) is 5.45. The Morgan fingerprint density at radius 3 is 1.78 bits per heavy atom. The van der Waals surface area contributed by atoms with Gasteiger partial charge in [-0.25, -0.2) is 0 Å².